The Kier molecular flexibility index (Phi) is 6.12. The largest absolute Gasteiger partial charge is 0.503 e. The monoisotopic (exact) mass is 376 g/mol. The van der Waals surface area contributed by atoms with Gasteiger partial charge in [0.25, 0.3) is 0 Å². The molecule has 1 aromatic carbocycles. The first-order valence-corrected chi connectivity index (χ1v) is 12.2. The number of phenolic OH excluding ortho intramolecular Hbond substituents is 1. The first kappa shape index (κ1) is 20.8. The standard InChI is InChI=1S/C21H32O4Si/c1-20(2,3)26(5,6)25-15-16-13-17(19(22)18(14-16)24-4)9-12-21(23)10-7-8-11-21/h13-14,22-23H,7-8,10-11,15H2,1-6H3. The van der Waals surface area contributed by atoms with Gasteiger partial charge < -0.3 is 19.4 Å². The lowest BCUT2D eigenvalue weighted by atomic mass is 10.0. The molecule has 1 fully saturated rings. The van der Waals surface area contributed by atoms with Crippen LogP contribution >= 0.6 is 0 Å². The van der Waals surface area contributed by atoms with Crippen molar-refractivity contribution in [3.8, 4) is 23.3 Å². The number of aliphatic hydroxyl groups is 1. The highest BCUT2D eigenvalue weighted by Gasteiger charge is 2.37. The number of hydrogen-bond acceptors (Lipinski definition) is 4. The number of hydrogen-bond donors (Lipinski definition) is 2. The summed E-state index contributed by atoms with van der Waals surface area (Å²) in [7, 11) is -0.354. The second kappa shape index (κ2) is 7.64. The van der Waals surface area contributed by atoms with Gasteiger partial charge in [-0.2, -0.15) is 0 Å². The number of methoxy groups -OCH3 is 1. The van der Waals surface area contributed by atoms with Crippen LogP contribution in [0, 0.1) is 11.8 Å². The molecule has 0 unspecified atom stereocenters. The van der Waals surface area contributed by atoms with E-state index in [-0.39, 0.29) is 10.8 Å². The lowest BCUT2D eigenvalue weighted by Gasteiger charge is -2.36. The van der Waals surface area contributed by atoms with Gasteiger partial charge in [0.1, 0.15) is 5.60 Å². The van der Waals surface area contributed by atoms with E-state index in [1.54, 1.807) is 6.07 Å². The molecule has 1 aliphatic rings. The third-order valence-corrected chi connectivity index (χ3v) is 10.1. The van der Waals surface area contributed by atoms with Crippen LogP contribution in [-0.2, 0) is 11.0 Å². The molecule has 0 heterocycles. The molecule has 0 amide bonds. The molecule has 4 nitrogen and oxygen atoms in total. The summed E-state index contributed by atoms with van der Waals surface area (Å²) in [5.41, 5.74) is 0.443. The minimum atomic E-state index is -1.88. The molecule has 0 bridgehead atoms. The SMILES string of the molecule is COc1cc(CO[Si](C)(C)C(C)(C)C)cc(C#CC2(O)CCCC2)c1O. The maximum atomic E-state index is 10.4. The molecule has 26 heavy (non-hydrogen) atoms. The zero-order valence-electron chi connectivity index (χ0n) is 16.9. The maximum Gasteiger partial charge on any atom is 0.192 e. The average molecular weight is 377 g/mol. The van der Waals surface area contributed by atoms with Crippen LogP contribution in [0.1, 0.15) is 57.6 Å². The Bertz CT molecular complexity index is 701. The quantitative estimate of drug-likeness (QED) is 0.596. The molecule has 0 aromatic heterocycles. The molecule has 0 aliphatic heterocycles. The molecule has 1 aliphatic carbocycles. The number of aromatic hydroxyl groups is 1. The van der Waals surface area contributed by atoms with Crippen molar-refractivity contribution in [2.45, 2.75) is 76.8 Å². The summed E-state index contributed by atoms with van der Waals surface area (Å²) < 4.78 is 11.6. The van der Waals surface area contributed by atoms with E-state index in [1.807, 2.05) is 6.07 Å². The van der Waals surface area contributed by atoms with Gasteiger partial charge in [-0.3, -0.25) is 0 Å². The van der Waals surface area contributed by atoms with Crippen LogP contribution in [0.2, 0.25) is 18.1 Å². The van der Waals surface area contributed by atoms with Gasteiger partial charge >= 0.3 is 0 Å². The molecule has 2 N–H and O–H groups in total. The minimum absolute atomic E-state index is 0.0117. The van der Waals surface area contributed by atoms with Gasteiger partial charge in [0.15, 0.2) is 19.8 Å². The number of phenols is 1. The predicted molar refractivity (Wildman–Crippen MR) is 107 cm³/mol. The van der Waals surface area contributed by atoms with Crippen LogP contribution in [0.25, 0.3) is 0 Å². The first-order valence-electron chi connectivity index (χ1n) is 9.27. The Morgan fingerprint density at radius 1 is 1.19 bits per heavy atom. The summed E-state index contributed by atoms with van der Waals surface area (Å²) >= 11 is 0. The van der Waals surface area contributed by atoms with Crippen molar-refractivity contribution in [2.24, 2.45) is 0 Å². The average Bonchev–Trinajstić information content (AvgIpc) is 2.98. The highest BCUT2D eigenvalue weighted by molar-refractivity contribution is 6.74. The summed E-state index contributed by atoms with van der Waals surface area (Å²) in [4.78, 5) is 0. The molecular formula is C21H32O4Si. The van der Waals surface area contributed by atoms with E-state index in [4.69, 9.17) is 9.16 Å². The predicted octanol–water partition coefficient (Wildman–Crippen LogP) is 4.58. The van der Waals surface area contributed by atoms with Crippen molar-refractivity contribution in [3.05, 3.63) is 23.3 Å². The fourth-order valence-electron chi connectivity index (χ4n) is 2.75. The molecule has 1 aromatic rings. The van der Waals surface area contributed by atoms with Gasteiger partial charge in [0.05, 0.1) is 19.3 Å². The van der Waals surface area contributed by atoms with Gasteiger partial charge in [0, 0.05) is 0 Å². The molecule has 2 rings (SSSR count). The van der Waals surface area contributed by atoms with E-state index in [9.17, 15) is 10.2 Å². The molecular weight excluding hydrogens is 344 g/mol. The van der Waals surface area contributed by atoms with Crippen LogP contribution in [0.5, 0.6) is 11.5 Å². The summed E-state index contributed by atoms with van der Waals surface area (Å²) in [6.45, 7) is 11.5. The van der Waals surface area contributed by atoms with E-state index in [2.05, 4.69) is 45.7 Å². The third-order valence-electron chi connectivity index (χ3n) is 5.62. The highest BCUT2D eigenvalue weighted by atomic mass is 28.4. The Morgan fingerprint density at radius 2 is 1.81 bits per heavy atom. The van der Waals surface area contributed by atoms with Crippen molar-refractivity contribution < 1.29 is 19.4 Å². The highest BCUT2D eigenvalue weighted by Crippen LogP contribution is 2.38. The van der Waals surface area contributed by atoms with Gasteiger partial charge in [-0.1, -0.05) is 32.6 Å². The lowest BCUT2D eigenvalue weighted by molar-refractivity contribution is 0.110. The Labute approximate surface area is 158 Å². The van der Waals surface area contributed by atoms with Crippen LogP contribution in [-0.4, -0.2) is 31.2 Å². The summed E-state index contributed by atoms with van der Waals surface area (Å²) in [6, 6.07) is 3.62. The van der Waals surface area contributed by atoms with Crippen molar-refractivity contribution in [3.63, 3.8) is 0 Å². The molecule has 144 valence electrons. The van der Waals surface area contributed by atoms with Crippen LogP contribution in [0.3, 0.4) is 0 Å². The van der Waals surface area contributed by atoms with Gasteiger partial charge in [-0.25, -0.2) is 0 Å². The number of rotatable bonds is 4. The van der Waals surface area contributed by atoms with Crippen molar-refractivity contribution in [1.29, 1.82) is 0 Å². The fourth-order valence-corrected chi connectivity index (χ4v) is 3.71. The molecule has 5 heteroatoms. The second-order valence-corrected chi connectivity index (χ2v) is 13.5. The Hall–Kier alpha value is -1.48. The zero-order chi connectivity index (χ0) is 19.6. The number of ether oxygens (including phenoxy) is 1. The number of benzene rings is 1. The topological polar surface area (TPSA) is 58.9 Å². The van der Waals surface area contributed by atoms with Gasteiger partial charge in [-0.05, 0) is 61.5 Å². The zero-order valence-corrected chi connectivity index (χ0v) is 17.9. The van der Waals surface area contributed by atoms with Crippen LogP contribution in [0.15, 0.2) is 12.1 Å². The van der Waals surface area contributed by atoms with Gasteiger partial charge in [0.2, 0.25) is 0 Å². The van der Waals surface area contributed by atoms with E-state index >= 15 is 0 Å². The molecule has 0 spiro atoms. The van der Waals surface area contributed by atoms with Gasteiger partial charge in [-0.15, -0.1) is 0 Å². The smallest absolute Gasteiger partial charge is 0.192 e. The third kappa shape index (κ3) is 4.82. The first-order chi connectivity index (χ1) is 12.0. The molecule has 0 atom stereocenters. The summed E-state index contributed by atoms with van der Waals surface area (Å²) in [5.74, 6) is 6.30. The fraction of sp³-hybridized carbons (Fsp3) is 0.619. The van der Waals surface area contributed by atoms with Crippen LogP contribution in [0.4, 0.5) is 0 Å². The van der Waals surface area contributed by atoms with Crippen molar-refractivity contribution in [2.75, 3.05) is 7.11 Å². The molecule has 0 saturated heterocycles. The summed E-state index contributed by atoms with van der Waals surface area (Å²) in [6.07, 6.45) is 3.35. The van der Waals surface area contributed by atoms with E-state index in [0.717, 1.165) is 18.4 Å². The Morgan fingerprint density at radius 3 is 2.35 bits per heavy atom. The molecule has 1 saturated carbocycles. The van der Waals surface area contributed by atoms with E-state index in [1.165, 1.54) is 7.11 Å². The maximum absolute atomic E-state index is 10.4. The van der Waals surface area contributed by atoms with Crippen molar-refractivity contribution in [1.82, 2.24) is 0 Å². The minimum Gasteiger partial charge on any atom is -0.503 e. The van der Waals surface area contributed by atoms with E-state index < -0.39 is 13.9 Å². The van der Waals surface area contributed by atoms with Crippen LogP contribution < -0.4 is 4.74 Å². The second-order valence-electron chi connectivity index (χ2n) is 8.73. The van der Waals surface area contributed by atoms with Crippen molar-refractivity contribution >= 4 is 8.32 Å². The lowest BCUT2D eigenvalue weighted by Crippen LogP contribution is -2.40. The summed E-state index contributed by atoms with van der Waals surface area (Å²) in [5, 5.41) is 20.9. The van der Waals surface area contributed by atoms with E-state index in [0.29, 0.717) is 30.8 Å². The molecule has 0 radical (unpaired) electrons. The Balaban J connectivity index is 2.28. The normalized spacial score (nSPS) is 16.9.